The second kappa shape index (κ2) is 6.61. The molecule has 96 valence electrons. The fraction of sp³-hybridized carbons (Fsp3) is 0.636. The molecule has 1 aliphatic rings. The van der Waals surface area contributed by atoms with Crippen molar-refractivity contribution >= 4 is 18.3 Å². The third-order valence-electron chi connectivity index (χ3n) is 2.78. The van der Waals surface area contributed by atoms with Crippen molar-refractivity contribution in [3.05, 3.63) is 18.0 Å². The molecule has 0 radical (unpaired) electrons. The van der Waals surface area contributed by atoms with Gasteiger partial charge < -0.3 is 10.6 Å². The zero-order valence-electron chi connectivity index (χ0n) is 9.98. The summed E-state index contributed by atoms with van der Waals surface area (Å²) in [6.45, 7) is 4.32. The van der Waals surface area contributed by atoms with Gasteiger partial charge in [-0.05, 0) is 31.9 Å². The molecule has 0 aromatic carbocycles. The molecule has 6 heteroatoms. The van der Waals surface area contributed by atoms with E-state index in [1.807, 2.05) is 24.0 Å². The first-order valence-corrected chi connectivity index (χ1v) is 5.76. The van der Waals surface area contributed by atoms with E-state index in [0.717, 1.165) is 31.5 Å². The maximum Gasteiger partial charge on any atom is 0.237 e. The molecule has 0 bridgehead atoms. The van der Waals surface area contributed by atoms with Gasteiger partial charge in [0.15, 0.2) is 0 Å². The summed E-state index contributed by atoms with van der Waals surface area (Å²) in [5.74, 6) is 0.112. The Hall–Kier alpha value is -1.07. The number of nitrogens with one attached hydrogen (secondary N) is 2. The highest BCUT2D eigenvalue weighted by Crippen LogP contribution is 2.04. The van der Waals surface area contributed by atoms with Gasteiger partial charge in [0.2, 0.25) is 5.91 Å². The van der Waals surface area contributed by atoms with E-state index in [0.29, 0.717) is 6.54 Å². The van der Waals surface area contributed by atoms with Crippen LogP contribution < -0.4 is 10.6 Å². The van der Waals surface area contributed by atoms with E-state index >= 15 is 0 Å². The number of carbonyl (C=O) groups is 1. The van der Waals surface area contributed by atoms with E-state index in [-0.39, 0.29) is 24.4 Å². The Morgan fingerprint density at radius 1 is 1.71 bits per heavy atom. The van der Waals surface area contributed by atoms with Gasteiger partial charge in [0.1, 0.15) is 0 Å². The zero-order chi connectivity index (χ0) is 11.4. The lowest BCUT2D eigenvalue weighted by molar-refractivity contribution is -0.122. The second-order valence-electron chi connectivity index (χ2n) is 4.22. The van der Waals surface area contributed by atoms with Crippen LogP contribution in [0.1, 0.15) is 18.4 Å². The Morgan fingerprint density at radius 3 is 3.12 bits per heavy atom. The van der Waals surface area contributed by atoms with Gasteiger partial charge in [0.05, 0.1) is 18.8 Å². The summed E-state index contributed by atoms with van der Waals surface area (Å²) in [5, 5.41) is 10.3. The first kappa shape index (κ1) is 14.0. The summed E-state index contributed by atoms with van der Waals surface area (Å²) in [6.07, 6.45) is 5.84. The molecule has 5 nitrogen and oxygen atoms in total. The van der Waals surface area contributed by atoms with Crippen LogP contribution in [0.2, 0.25) is 0 Å². The third-order valence-corrected chi connectivity index (χ3v) is 2.78. The van der Waals surface area contributed by atoms with Crippen LogP contribution in [0, 0.1) is 6.92 Å². The molecule has 2 rings (SSSR count). The Balaban J connectivity index is 0.00000144. The zero-order valence-corrected chi connectivity index (χ0v) is 10.8. The Morgan fingerprint density at radius 2 is 2.53 bits per heavy atom. The highest BCUT2D eigenvalue weighted by molar-refractivity contribution is 5.85. The number of halogens is 1. The third kappa shape index (κ3) is 4.02. The SMILES string of the molecule is Cc1cnn(CCNC(=O)C2CCCN2)c1.Cl. The minimum Gasteiger partial charge on any atom is -0.353 e. The number of aromatic nitrogens is 2. The molecular formula is C11H19ClN4O. The summed E-state index contributed by atoms with van der Waals surface area (Å²) >= 11 is 0. The van der Waals surface area contributed by atoms with Crippen LogP contribution in [0.15, 0.2) is 12.4 Å². The molecule has 1 aromatic heterocycles. The number of hydrogen-bond acceptors (Lipinski definition) is 3. The van der Waals surface area contributed by atoms with Crippen LogP contribution in [-0.4, -0.2) is 34.8 Å². The van der Waals surface area contributed by atoms with Crippen molar-refractivity contribution in [2.75, 3.05) is 13.1 Å². The lowest BCUT2D eigenvalue weighted by Crippen LogP contribution is -2.41. The van der Waals surface area contributed by atoms with Crippen LogP contribution in [-0.2, 0) is 11.3 Å². The van der Waals surface area contributed by atoms with E-state index in [2.05, 4.69) is 15.7 Å². The van der Waals surface area contributed by atoms with Crippen molar-refractivity contribution in [1.82, 2.24) is 20.4 Å². The topological polar surface area (TPSA) is 59.0 Å². The number of nitrogens with zero attached hydrogens (tertiary/aromatic N) is 2. The quantitative estimate of drug-likeness (QED) is 0.826. The van der Waals surface area contributed by atoms with Crippen LogP contribution in [0.5, 0.6) is 0 Å². The largest absolute Gasteiger partial charge is 0.353 e. The Kier molecular flexibility index (Phi) is 5.44. The summed E-state index contributed by atoms with van der Waals surface area (Å²) < 4.78 is 1.84. The first-order chi connectivity index (χ1) is 7.75. The van der Waals surface area contributed by atoms with Gasteiger partial charge in [0.25, 0.3) is 0 Å². The number of aryl methyl sites for hydroxylation is 1. The average Bonchev–Trinajstić information content (AvgIpc) is 2.89. The second-order valence-corrected chi connectivity index (χ2v) is 4.22. The van der Waals surface area contributed by atoms with Gasteiger partial charge in [-0.1, -0.05) is 0 Å². The van der Waals surface area contributed by atoms with Crippen LogP contribution in [0.4, 0.5) is 0 Å². The summed E-state index contributed by atoms with van der Waals surface area (Å²) in [6, 6.07) is 0.0133. The van der Waals surface area contributed by atoms with E-state index in [9.17, 15) is 4.79 Å². The van der Waals surface area contributed by atoms with Gasteiger partial charge >= 0.3 is 0 Å². The minimum atomic E-state index is 0. The van der Waals surface area contributed by atoms with Gasteiger partial charge in [-0.25, -0.2) is 0 Å². The molecule has 1 fully saturated rings. The lowest BCUT2D eigenvalue weighted by atomic mass is 10.2. The van der Waals surface area contributed by atoms with Crippen molar-refractivity contribution in [2.45, 2.75) is 32.4 Å². The molecule has 0 saturated carbocycles. The standard InChI is InChI=1S/C11H18N4O.ClH/c1-9-7-14-15(8-9)6-5-13-11(16)10-3-2-4-12-10;/h7-8,10,12H,2-6H2,1H3,(H,13,16);1H. The molecule has 1 amide bonds. The molecule has 17 heavy (non-hydrogen) atoms. The Bertz CT molecular complexity index is 360. The van der Waals surface area contributed by atoms with E-state index in [1.165, 1.54) is 0 Å². The molecule has 1 aromatic rings. The van der Waals surface area contributed by atoms with Crippen molar-refractivity contribution in [1.29, 1.82) is 0 Å². The van der Waals surface area contributed by atoms with E-state index < -0.39 is 0 Å². The molecule has 0 spiro atoms. The highest BCUT2D eigenvalue weighted by atomic mass is 35.5. The maximum atomic E-state index is 11.6. The van der Waals surface area contributed by atoms with Crippen molar-refractivity contribution in [3.63, 3.8) is 0 Å². The summed E-state index contributed by atoms with van der Waals surface area (Å²) in [7, 11) is 0. The number of amides is 1. The Labute approximate surface area is 107 Å². The molecule has 2 N–H and O–H groups in total. The summed E-state index contributed by atoms with van der Waals surface area (Å²) in [4.78, 5) is 11.6. The van der Waals surface area contributed by atoms with Crippen molar-refractivity contribution in [3.8, 4) is 0 Å². The monoisotopic (exact) mass is 258 g/mol. The fourth-order valence-corrected chi connectivity index (χ4v) is 1.91. The predicted octanol–water partition coefficient (Wildman–Crippen LogP) is 0.482. The highest BCUT2D eigenvalue weighted by Gasteiger charge is 2.21. The molecule has 1 atom stereocenters. The van der Waals surface area contributed by atoms with Crippen LogP contribution >= 0.6 is 12.4 Å². The van der Waals surface area contributed by atoms with E-state index in [4.69, 9.17) is 0 Å². The normalized spacial score (nSPS) is 18.8. The molecular weight excluding hydrogens is 240 g/mol. The fourth-order valence-electron chi connectivity index (χ4n) is 1.91. The minimum absolute atomic E-state index is 0. The van der Waals surface area contributed by atoms with Gasteiger partial charge in [-0.15, -0.1) is 12.4 Å². The molecule has 1 aliphatic heterocycles. The van der Waals surface area contributed by atoms with Crippen molar-refractivity contribution < 1.29 is 4.79 Å². The average molecular weight is 259 g/mol. The van der Waals surface area contributed by atoms with Crippen molar-refractivity contribution in [2.24, 2.45) is 0 Å². The lowest BCUT2D eigenvalue weighted by Gasteiger charge is -2.10. The van der Waals surface area contributed by atoms with Gasteiger partial charge in [-0.2, -0.15) is 5.10 Å². The number of rotatable bonds is 4. The smallest absolute Gasteiger partial charge is 0.237 e. The number of carbonyl (C=O) groups excluding carboxylic acids is 1. The predicted molar refractivity (Wildman–Crippen MR) is 68.2 cm³/mol. The number of hydrogen-bond donors (Lipinski definition) is 2. The van der Waals surface area contributed by atoms with Gasteiger partial charge in [0, 0.05) is 12.7 Å². The van der Waals surface area contributed by atoms with E-state index in [1.54, 1.807) is 0 Å². The van der Waals surface area contributed by atoms with Gasteiger partial charge in [-0.3, -0.25) is 9.48 Å². The summed E-state index contributed by atoms with van der Waals surface area (Å²) in [5.41, 5.74) is 1.14. The molecule has 2 heterocycles. The first-order valence-electron chi connectivity index (χ1n) is 5.76. The molecule has 0 aliphatic carbocycles. The van der Waals surface area contributed by atoms with Crippen LogP contribution in [0.3, 0.4) is 0 Å². The maximum absolute atomic E-state index is 11.6. The molecule has 1 unspecified atom stereocenters. The van der Waals surface area contributed by atoms with Crippen LogP contribution in [0.25, 0.3) is 0 Å². The molecule has 1 saturated heterocycles.